The standard InChI is InChI=1S/C94H60N2/c1-5-21-67(22-6-1)93-81-49-43-72(74-48-54-92-86(58-74)84-56-70(46-52-90(84)96(92)76-29-11-4-12-30-76)62-37-41-66(42-38-62)80-34-18-26-64-20-14-16-32-78(64)80)60-88(81)94(68-23-7-2-8-24-68)82-50-44-71(59-87(82)93)73-47-53-91-85(57-73)83-55-69(45-51-89(83)95(91)75-27-9-3-10-28-75)61-35-39-65(40-36-61)79-33-17-25-63-19-13-15-31-77(63)79/h1-60H. The number of benzene rings is 17. The van der Waals surface area contributed by atoms with Gasteiger partial charge < -0.3 is 9.13 Å². The van der Waals surface area contributed by atoms with Gasteiger partial charge in [-0.15, -0.1) is 0 Å². The zero-order chi connectivity index (χ0) is 63.2. The summed E-state index contributed by atoms with van der Waals surface area (Å²) < 4.78 is 4.85. The average Bonchev–Trinajstić information content (AvgIpc) is 1.46. The Morgan fingerprint density at radius 2 is 0.417 bits per heavy atom. The fourth-order valence-electron chi connectivity index (χ4n) is 15.5. The van der Waals surface area contributed by atoms with Crippen LogP contribution < -0.4 is 0 Å². The molecule has 2 aromatic heterocycles. The van der Waals surface area contributed by atoms with Crippen molar-refractivity contribution >= 4 is 86.7 Å². The van der Waals surface area contributed by atoms with Crippen LogP contribution in [-0.2, 0) is 0 Å². The van der Waals surface area contributed by atoms with Gasteiger partial charge in [0.1, 0.15) is 0 Å². The van der Waals surface area contributed by atoms with Gasteiger partial charge in [-0.05, 0) is 217 Å². The number of fused-ring (bicyclic) bond motifs is 10. The molecule has 96 heavy (non-hydrogen) atoms. The van der Waals surface area contributed by atoms with Gasteiger partial charge in [0.2, 0.25) is 0 Å². The molecule has 17 aromatic carbocycles. The lowest BCUT2D eigenvalue weighted by molar-refractivity contribution is 1.18. The quantitative estimate of drug-likeness (QED) is 0.121. The normalized spacial score (nSPS) is 11.8. The van der Waals surface area contributed by atoms with Gasteiger partial charge in [0.05, 0.1) is 22.1 Å². The molecule has 2 heteroatoms. The monoisotopic (exact) mass is 1220 g/mol. The molecule has 0 saturated carbocycles. The van der Waals surface area contributed by atoms with Crippen LogP contribution in [0.25, 0.3) is 187 Å². The van der Waals surface area contributed by atoms with E-state index in [-0.39, 0.29) is 0 Å². The summed E-state index contributed by atoms with van der Waals surface area (Å²) in [5.41, 5.74) is 26.1. The summed E-state index contributed by atoms with van der Waals surface area (Å²) in [6.07, 6.45) is 0. The minimum Gasteiger partial charge on any atom is -0.309 e. The summed E-state index contributed by atoms with van der Waals surface area (Å²) in [5, 5.41) is 14.8. The fraction of sp³-hybridized carbons (Fsp3) is 0. The Balaban J connectivity index is 0.755. The van der Waals surface area contributed by atoms with Crippen molar-refractivity contribution in [2.45, 2.75) is 0 Å². The van der Waals surface area contributed by atoms with Gasteiger partial charge in [-0.1, -0.05) is 279 Å². The molecule has 0 aliphatic carbocycles. The lowest BCUT2D eigenvalue weighted by Gasteiger charge is -2.20. The van der Waals surface area contributed by atoms with Crippen LogP contribution in [0, 0.1) is 0 Å². The Labute approximate surface area is 556 Å². The minimum absolute atomic E-state index is 1.14. The molecule has 0 atom stereocenters. The number of nitrogens with zero attached hydrogens (tertiary/aromatic N) is 2. The van der Waals surface area contributed by atoms with Crippen LogP contribution in [0.3, 0.4) is 0 Å². The Hall–Kier alpha value is -12.6. The molecule has 0 spiro atoms. The van der Waals surface area contributed by atoms with Gasteiger partial charge in [0, 0.05) is 32.9 Å². The van der Waals surface area contributed by atoms with Gasteiger partial charge in [-0.3, -0.25) is 0 Å². The topological polar surface area (TPSA) is 9.86 Å². The molecule has 446 valence electrons. The molecule has 19 rings (SSSR count). The van der Waals surface area contributed by atoms with Crippen molar-refractivity contribution in [3.8, 4) is 100 Å². The van der Waals surface area contributed by atoms with Gasteiger partial charge in [0.15, 0.2) is 0 Å². The summed E-state index contributed by atoms with van der Waals surface area (Å²) in [6.45, 7) is 0. The van der Waals surface area contributed by atoms with Crippen molar-refractivity contribution in [2.24, 2.45) is 0 Å². The highest BCUT2D eigenvalue weighted by atomic mass is 15.0. The van der Waals surface area contributed by atoms with Crippen molar-refractivity contribution in [2.75, 3.05) is 0 Å². The van der Waals surface area contributed by atoms with E-state index >= 15 is 0 Å². The molecule has 19 aromatic rings. The Morgan fingerprint density at radius 3 is 0.781 bits per heavy atom. The largest absolute Gasteiger partial charge is 0.309 e. The second kappa shape index (κ2) is 22.6. The van der Waals surface area contributed by atoms with E-state index in [4.69, 9.17) is 0 Å². The molecule has 0 amide bonds. The highest BCUT2D eigenvalue weighted by molar-refractivity contribution is 6.23. The van der Waals surface area contributed by atoms with Crippen LogP contribution in [0.1, 0.15) is 0 Å². The van der Waals surface area contributed by atoms with Gasteiger partial charge in [0.25, 0.3) is 0 Å². The number of para-hydroxylation sites is 2. The Kier molecular flexibility index (Phi) is 13.0. The molecular weight excluding hydrogens is 1160 g/mol. The zero-order valence-electron chi connectivity index (χ0n) is 52.5. The van der Waals surface area contributed by atoms with Crippen LogP contribution in [0.5, 0.6) is 0 Å². The highest BCUT2D eigenvalue weighted by Gasteiger charge is 2.22. The third-order valence-electron chi connectivity index (χ3n) is 20.1. The first-order valence-corrected chi connectivity index (χ1v) is 33.2. The molecule has 0 radical (unpaired) electrons. The summed E-state index contributed by atoms with van der Waals surface area (Å²) in [6, 6.07) is 135. The molecule has 2 nitrogen and oxygen atoms in total. The second-order valence-corrected chi connectivity index (χ2v) is 25.5. The molecule has 2 heterocycles. The zero-order valence-corrected chi connectivity index (χ0v) is 52.5. The fourth-order valence-corrected chi connectivity index (χ4v) is 15.5. The van der Waals surface area contributed by atoms with E-state index in [0.29, 0.717) is 0 Å². The molecule has 0 aliphatic heterocycles. The predicted molar refractivity (Wildman–Crippen MR) is 409 cm³/mol. The van der Waals surface area contributed by atoms with Gasteiger partial charge in [-0.25, -0.2) is 0 Å². The Morgan fingerprint density at radius 1 is 0.146 bits per heavy atom. The van der Waals surface area contributed by atoms with Crippen LogP contribution in [-0.4, -0.2) is 9.13 Å². The predicted octanol–water partition coefficient (Wildman–Crippen LogP) is 25.8. The maximum atomic E-state index is 2.46. The van der Waals surface area contributed by atoms with Gasteiger partial charge >= 0.3 is 0 Å². The highest BCUT2D eigenvalue weighted by Crippen LogP contribution is 2.48. The summed E-state index contributed by atoms with van der Waals surface area (Å²) in [4.78, 5) is 0. The molecule has 0 unspecified atom stereocenters. The van der Waals surface area contributed by atoms with E-state index in [2.05, 4.69) is 373 Å². The molecule has 0 bridgehead atoms. The second-order valence-electron chi connectivity index (χ2n) is 25.5. The van der Waals surface area contributed by atoms with Crippen molar-refractivity contribution < 1.29 is 0 Å². The molecule has 0 fully saturated rings. The third-order valence-corrected chi connectivity index (χ3v) is 20.1. The average molecular weight is 1220 g/mol. The summed E-state index contributed by atoms with van der Waals surface area (Å²) in [5.74, 6) is 0. The number of rotatable bonds is 10. The molecule has 0 saturated heterocycles. The van der Waals surface area contributed by atoms with E-state index in [1.54, 1.807) is 0 Å². The lowest BCUT2D eigenvalue weighted by Crippen LogP contribution is -1.94. The van der Waals surface area contributed by atoms with Crippen molar-refractivity contribution in [1.82, 2.24) is 9.13 Å². The minimum atomic E-state index is 1.14. The number of aromatic nitrogens is 2. The van der Waals surface area contributed by atoms with Crippen LogP contribution in [0.4, 0.5) is 0 Å². The SMILES string of the molecule is c1ccc(-c2c3ccc(-c4ccc5c(c4)c4cc(-c6ccc(-c7cccc8ccccc78)cc6)ccc4n5-c4ccccc4)cc3c(-c3ccccc3)c3ccc(-c4ccc5c(c4)c4cc(-c6ccc(-c7cccc8ccccc78)cc6)ccc4n5-c4ccccc4)cc23)cc1. The molecule has 0 aliphatic rings. The first kappa shape index (κ1) is 55.1. The molecular formula is C94H60N2. The van der Waals surface area contributed by atoms with E-state index in [9.17, 15) is 0 Å². The van der Waals surface area contributed by atoms with Crippen LogP contribution >= 0.6 is 0 Å². The first-order valence-electron chi connectivity index (χ1n) is 33.2. The van der Waals surface area contributed by atoms with Crippen LogP contribution in [0.2, 0.25) is 0 Å². The maximum absolute atomic E-state index is 2.46. The first-order chi connectivity index (χ1) is 47.6. The van der Waals surface area contributed by atoms with Crippen LogP contribution in [0.15, 0.2) is 364 Å². The van der Waals surface area contributed by atoms with E-state index in [1.165, 1.54) is 176 Å². The maximum Gasteiger partial charge on any atom is 0.0541 e. The number of hydrogen-bond acceptors (Lipinski definition) is 0. The van der Waals surface area contributed by atoms with Crippen molar-refractivity contribution in [3.63, 3.8) is 0 Å². The Bertz CT molecular complexity index is 5860. The lowest BCUT2D eigenvalue weighted by atomic mass is 9.84. The summed E-state index contributed by atoms with van der Waals surface area (Å²) >= 11 is 0. The smallest absolute Gasteiger partial charge is 0.0541 e. The van der Waals surface area contributed by atoms with E-state index in [0.717, 1.165) is 11.4 Å². The van der Waals surface area contributed by atoms with Crippen molar-refractivity contribution in [1.29, 1.82) is 0 Å². The van der Waals surface area contributed by atoms with E-state index in [1.807, 2.05) is 0 Å². The molecule has 0 N–H and O–H groups in total. The van der Waals surface area contributed by atoms with Gasteiger partial charge in [-0.2, -0.15) is 0 Å². The van der Waals surface area contributed by atoms with Crippen molar-refractivity contribution in [3.05, 3.63) is 364 Å². The third kappa shape index (κ3) is 9.18. The number of hydrogen-bond donors (Lipinski definition) is 0. The van der Waals surface area contributed by atoms with E-state index < -0.39 is 0 Å². The summed E-state index contributed by atoms with van der Waals surface area (Å²) in [7, 11) is 0.